The maximum absolute atomic E-state index is 5.75. The van der Waals surface area contributed by atoms with Crippen LogP contribution in [-0.4, -0.2) is 27.4 Å². The van der Waals surface area contributed by atoms with Crippen molar-refractivity contribution >= 4 is 8.80 Å². The second-order valence-electron chi connectivity index (χ2n) is 3.40. The predicted molar refractivity (Wildman–Crippen MR) is 59.8 cm³/mol. The third-order valence-electron chi connectivity index (χ3n) is 2.59. The van der Waals surface area contributed by atoms with Crippen LogP contribution in [-0.2, 0) is 9.47 Å². The summed E-state index contributed by atoms with van der Waals surface area (Å²) in [6, 6.07) is 2.49. The molecule has 0 aliphatic carbocycles. The van der Waals surface area contributed by atoms with Crippen molar-refractivity contribution in [1.29, 1.82) is 0 Å². The van der Waals surface area contributed by atoms with E-state index < -0.39 is 8.80 Å². The lowest BCUT2D eigenvalue weighted by Gasteiger charge is -2.35. The van der Waals surface area contributed by atoms with E-state index in [0.717, 1.165) is 13.2 Å². The Labute approximate surface area is 84.2 Å². The van der Waals surface area contributed by atoms with Gasteiger partial charge < -0.3 is 9.47 Å². The standard InChI is InChI=1S/C10H24O2Si/c1-6-11-10(5,12-7-2)13(8-3)9-4/h13H,6-9H2,1-5H3. The Morgan fingerprint density at radius 2 is 1.31 bits per heavy atom. The molecular formula is C10H24O2Si. The van der Waals surface area contributed by atoms with E-state index in [0.29, 0.717) is 0 Å². The Hall–Kier alpha value is 0.137. The Balaban J connectivity index is 4.33. The van der Waals surface area contributed by atoms with Gasteiger partial charge in [0.15, 0.2) is 0 Å². The molecule has 3 heteroatoms. The van der Waals surface area contributed by atoms with E-state index in [1.807, 2.05) is 13.8 Å². The fraction of sp³-hybridized carbons (Fsp3) is 1.00. The van der Waals surface area contributed by atoms with Gasteiger partial charge in [-0.3, -0.25) is 0 Å². The van der Waals surface area contributed by atoms with E-state index in [4.69, 9.17) is 9.47 Å². The van der Waals surface area contributed by atoms with Crippen LogP contribution in [0.1, 0.15) is 34.6 Å². The summed E-state index contributed by atoms with van der Waals surface area (Å²) in [6.45, 7) is 12.2. The molecule has 0 rings (SSSR count). The van der Waals surface area contributed by atoms with Gasteiger partial charge in [-0.05, 0) is 20.8 Å². The van der Waals surface area contributed by atoms with E-state index in [9.17, 15) is 0 Å². The topological polar surface area (TPSA) is 18.5 Å². The molecular weight excluding hydrogens is 180 g/mol. The normalized spacial score (nSPS) is 12.5. The second kappa shape index (κ2) is 6.57. The highest BCUT2D eigenvalue weighted by molar-refractivity contribution is 6.61. The minimum absolute atomic E-state index is 0.243. The quantitative estimate of drug-likeness (QED) is 0.469. The summed E-state index contributed by atoms with van der Waals surface area (Å²) in [4.78, 5) is 0. The zero-order valence-electron chi connectivity index (χ0n) is 9.72. The smallest absolute Gasteiger partial charge is 0.145 e. The molecule has 0 amide bonds. The number of rotatable bonds is 7. The fourth-order valence-corrected chi connectivity index (χ4v) is 4.75. The van der Waals surface area contributed by atoms with Crippen molar-refractivity contribution in [3.05, 3.63) is 0 Å². The first kappa shape index (κ1) is 13.1. The molecule has 0 aliphatic heterocycles. The number of ether oxygens (including phenoxy) is 2. The summed E-state index contributed by atoms with van der Waals surface area (Å²) in [5.41, 5.74) is -0.243. The van der Waals surface area contributed by atoms with Crippen molar-refractivity contribution in [2.75, 3.05) is 13.2 Å². The summed E-state index contributed by atoms with van der Waals surface area (Å²) in [7, 11) is -0.902. The second-order valence-corrected chi connectivity index (χ2v) is 7.47. The van der Waals surface area contributed by atoms with Gasteiger partial charge in [0.2, 0.25) is 0 Å². The fourth-order valence-electron chi connectivity index (χ4n) is 1.88. The van der Waals surface area contributed by atoms with Crippen LogP contribution in [0.2, 0.25) is 12.1 Å². The lowest BCUT2D eigenvalue weighted by Crippen LogP contribution is -2.47. The van der Waals surface area contributed by atoms with Gasteiger partial charge in [0, 0.05) is 13.2 Å². The molecule has 80 valence electrons. The highest BCUT2D eigenvalue weighted by Gasteiger charge is 2.34. The van der Waals surface area contributed by atoms with Crippen LogP contribution in [0.4, 0.5) is 0 Å². The van der Waals surface area contributed by atoms with Crippen molar-refractivity contribution in [2.24, 2.45) is 0 Å². The Kier molecular flexibility index (Phi) is 6.64. The average Bonchev–Trinajstić information content (AvgIpc) is 2.07. The van der Waals surface area contributed by atoms with Crippen LogP contribution < -0.4 is 0 Å². The van der Waals surface area contributed by atoms with E-state index in [2.05, 4.69) is 20.8 Å². The van der Waals surface area contributed by atoms with Crippen LogP contribution in [0.15, 0.2) is 0 Å². The van der Waals surface area contributed by atoms with Crippen molar-refractivity contribution in [1.82, 2.24) is 0 Å². The molecule has 0 radical (unpaired) electrons. The van der Waals surface area contributed by atoms with Crippen LogP contribution in [0, 0.1) is 0 Å². The molecule has 0 N–H and O–H groups in total. The van der Waals surface area contributed by atoms with Crippen molar-refractivity contribution in [2.45, 2.75) is 52.1 Å². The van der Waals surface area contributed by atoms with Crippen LogP contribution >= 0.6 is 0 Å². The summed E-state index contributed by atoms with van der Waals surface area (Å²) in [5, 5.41) is 0. The molecule has 13 heavy (non-hydrogen) atoms. The number of hydrogen-bond acceptors (Lipinski definition) is 2. The highest BCUT2D eigenvalue weighted by atomic mass is 28.3. The van der Waals surface area contributed by atoms with Crippen molar-refractivity contribution in [3.63, 3.8) is 0 Å². The zero-order valence-corrected chi connectivity index (χ0v) is 10.9. The molecule has 0 aliphatic rings. The minimum Gasteiger partial charge on any atom is -0.355 e. The van der Waals surface area contributed by atoms with Crippen LogP contribution in [0.25, 0.3) is 0 Å². The lowest BCUT2D eigenvalue weighted by molar-refractivity contribution is -0.166. The summed E-state index contributed by atoms with van der Waals surface area (Å²) >= 11 is 0. The van der Waals surface area contributed by atoms with Crippen molar-refractivity contribution in [3.8, 4) is 0 Å². The first-order valence-corrected chi connectivity index (χ1v) is 7.63. The highest BCUT2D eigenvalue weighted by Crippen LogP contribution is 2.22. The molecule has 2 nitrogen and oxygen atoms in total. The van der Waals surface area contributed by atoms with Crippen molar-refractivity contribution < 1.29 is 9.47 Å². The van der Waals surface area contributed by atoms with Gasteiger partial charge in [-0.1, -0.05) is 25.9 Å². The molecule has 0 bridgehead atoms. The largest absolute Gasteiger partial charge is 0.355 e. The summed E-state index contributed by atoms with van der Waals surface area (Å²) in [6.07, 6.45) is 0. The molecule has 0 saturated heterocycles. The molecule has 0 fully saturated rings. The van der Waals surface area contributed by atoms with Gasteiger partial charge in [0.05, 0.1) is 0 Å². The Morgan fingerprint density at radius 1 is 0.923 bits per heavy atom. The average molecular weight is 204 g/mol. The van der Waals surface area contributed by atoms with Crippen LogP contribution in [0.5, 0.6) is 0 Å². The summed E-state index contributed by atoms with van der Waals surface area (Å²) < 4.78 is 11.5. The van der Waals surface area contributed by atoms with Gasteiger partial charge in [0.25, 0.3) is 0 Å². The van der Waals surface area contributed by atoms with Gasteiger partial charge in [-0.15, -0.1) is 0 Å². The third kappa shape index (κ3) is 3.79. The summed E-state index contributed by atoms with van der Waals surface area (Å²) in [5.74, 6) is 0. The maximum atomic E-state index is 5.75. The molecule has 0 saturated carbocycles. The van der Waals surface area contributed by atoms with E-state index in [1.54, 1.807) is 0 Å². The Morgan fingerprint density at radius 3 is 1.54 bits per heavy atom. The van der Waals surface area contributed by atoms with E-state index >= 15 is 0 Å². The van der Waals surface area contributed by atoms with Gasteiger partial charge in [0.1, 0.15) is 14.2 Å². The molecule has 0 atom stereocenters. The minimum atomic E-state index is -0.902. The van der Waals surface area contributed by atoms with Crippen LogP contribution in [0.3, 0.4) is 0 Å². The molecule has 0 aromatic rings. The third-order valence-corrected chi connectivity index (χ3v) is 6.38. The SMILES string of the molecule is CCOC(C)(OCC)[SiH](CC)CC. The van der Waals surface area contributed by atoms with Gasteiger partial charge >= 0.3 is 0 Å². The molecule has 0 aromatic heterocycles. The molecule has 0 aromatic carbocycles. The van der Waals surface area contributed by atoms with E-state index in [-0.39, 0.29) is 5.41 Å². The predicted octanol–water partition coefficient (Wildman–Crippen LogP) is 2.58. The lowest BCUT2D eigenvalue weighted by atomic mass is 10.7. The number of hydrogen-bond donors (Lipinski definition) is 0. The molecule has 0 spiro atoms. The Bertz CT molecular complexity index is 118. The zero-order chi connectivity index (χ0) is 10.3. The molecule has 0 heterocycles. The van der Waals surface area contributed by atoms with E-state index in [1.165, 1.54) is 12.1 Å². The first-order chi connectivity index (χ1) is 6.14. The van der Waals surface area contributed by atoms with Gasteiger partial charge in [-0.2, -0.15) is 0 Å². The molecule has 0 unspecified atom stereocenters. The van der Waals surface area contributed by atoms with Gasteiger partial charge in [-0.25, -0.2) is 0 Å². The maximum Gasteiger partial charge on any atom is 0.145 e. The first-order valence-electron chi connectivity index (χ1n) is 5.42. The monoisotopic (exact) mass is 204 g/mol.